The van der Waals surface area contributed by atoms with Gasteiger partial charge in [-0.3, -0.25) is 4.18 Å². The Morgan fingerprint density at radius 2 is 0.962 bits per heavy atom. The molecule has 26 heavy (non-hydrogen) atoms. The van der Waals surface area contributed by atoms with E-state index in [-0.39, 0.29) is 25.5 Å². The van der Waals surface area contributed by atoms with Crippen molar-refractivity contribution in [1.82, 2.24) is 0 Å². The molecule has 0 bridgehead atoms. The zero-order valence-corrected chi connectivity index (χ0v) is 18.0. The molecule has 0 rings (SSSR count). The third-order valence-corrected chi connectivity index (χ3v) is 4.76. The second-order valence-electron chi connectivity index (χ2n) is 6.79. The van der Waals surface area contributed by atoms with Gasteiger partial charge in [0.05, 0.1) is 6.61 Å². The first-order valence-electron chi connectivity index (χ1n) is 10.2. The number of hydrogen-bond donors (Lipinski definition) is 0. The van der Waals surface area contributed by atoms with Gasteiger partial charge >= 0.3 is 18.9 Å². The molecule has 0 saturated heterocycles. The fourth-order valence-corrected chi connectivity index (χ4v) is 3.11. The summed E-state index contributed by atoms with van der Waals surface area (Å²) < 4.78 is 40.2. The van der Waals surface area contributed by atoms with E-state index in [0.717, 1.165) is 13.0 Å². The minimum atomic E-state index is -4.54. The van der Waals surface area contributed by atoms with Crippen LogP contribution in [0.4, 0.5) is 0 Å². The molecule has 0 aromatic heterocycles. The molecule has 0 radical (unpaired) electrons. The van der Waals surface area contributed by atoms with Crippen LogP contribution in [0.25, 0.3) is 0 Å². The fourth-order valence-electron chi connectivity index (χ4n) is 2.79. The van der Waals surface area contributed by atoms with Crippen molar-refractivity contribution in [2.45, 2.75) is 103 Å². The quantitative estimate of drug-likeness (QED) is 0.139. The van der Waals surface area contributed by atoms with E-state index in [1.807, 2.05) is 0 Å². The summed E-state index contributed by atoms with van der Waals surface area (Å²) in [6, 6.07) is 0. The molecule has 0 aromatic carbocycles. The molecule has 0 aromatic rings. The Bertz CT molecular complexity index is 363. The van der Waals surface area contributed by atoms with E-state index in [1.165, 1.54) is 77.0 Å². The van der Waals surface area contributed by atoms with Gasteiger partial charge in [0.2, 0.25) is 10.4 Å². The summed E-state index contributed by atoms with van der Waals surface area (Å²) in [5.74, 6) is 0. The van der Waals surface area contributed by atoms with E-state index in [0.29, 0.717) is 19.4 Å². The van der Waals surface area contributed by atoms with E-state index >= 15 is 0 Å². The van der Waals surface area contributed by atoms with Gasteiger partial charge in [-0.2, -0.15) is 0 Å². The van der Waals surface area contributed by atoms with Crippen molar-refractivity contribution < 1.29 is 40.8 Å². The fraction of sp³-hybridized carbons (Fsp3) is 1.00. The predicted octanol–water partition coefficient (Wildman–Crippen LogP) is 2.36. The van der Waals surface area contributed by atoms with Crippen LogP contribution in [0.1, 0.15) is 103 Å². The molecule has 152 valence electrons. The van der Waals surface area contributed by atoms with Crippen LogP contribution < -0.4 is 18.9 Å². The van der Waals surface area contributed by atoms with Gasteiger partial charge in [0.1, 0.15) is 0 Å². The van der Waals surface area contributed by atoms with Crippen LogP contribution in [-0.2, 0) is 19.3 Å². The van der Waals surface area contributed by atoms with Gasteiger partial charge in [-0.25, -0.2) is 8.42 Å². The maximum atomic E-state index is 10.2. The first-order chi connectivity index (χ1) is 12.1. The maximum Gasteiger partial charge on any atom is 1.00 e. The van der Waals surface area contributed by atoms with Gasteiger partial charge in [-0.05, 0) is 19.3 Å². The summed E-state index contributed by atoms with van der Waals surface area (Å²) in [6.07, 6.45) is 18.7. The number of hydrogen-bond acceptors (Lipinski definition) is 5. The van der Waals surface area contributed by atoms with Gasteiger partial charge in [0, 0.05) is 13.2 Å². The third-order valence-electron chi connectivity index (χ3n) is 4.30. The van der Waals surface area contributed by atoms with Crippen LogP contribution in [0.2, 0.25) is 0 Å². The minimum Gasteiger partial charge on any atom is -0.726 e. The van der Waals surface area contributed by atoms with E-state index in [4.69, 9.17) is 4.74 Å². The van der Waals surface area contributed by atoms with Crippen LogP contribution >= 0.6 is 0 Å². The van der Waals surface area contributed by atoms with Crippen molar-refractivity contribution in [3.63, 3.8) is 0 Å². The van der Waals surface area contributed by atoms with Crippen molar-refractivity contribution in [1.29, 1.82) is 0 Å². The van der Waals surface area contributed by atoms with E-state index in [2.05, 4.69) is 11.1 Å². The smallest absolute Gasteiger partial charge is 0.726 e. The molecule has 0 unspecified atom stereocenters. The Morgan fingerprint density at radius 3 is 1.38 bits per heavy atom. The summed E-state index contributed by atoms with van der Waals surface area (Å²) in [5, 5.41) is 0. The minimum absolute atomic E-state index is 0. The molecule has 0 N–H and O–H groups in total. The molecule has 0 amide bonds. The molecule has 0 aliphatic heterocycles. The SMILES string of the molecule is CCCCCCCCCCCCCCCOCCCCOS(=O)(=O)[O-].[Li+]. The first-order valence-corrected chi connectivity index (χ1v) is 11.6. The Morgan fingerprint density at radius 1 is 0.615 bits per heavy atom. The Labute approximate surface area is 174 Å². The monoisotopic (exact) mass is 386 g/mol. The van der Waals surface area contributed by atoms with Crippen molar-refractivity contribution >= 4 is 10.4 Å². The van der Waals surface area contributed by atoms with Gasteiger partial charge in [0.25, 0.3) is 0 Å². The van der Waals surface area contributed by atoms with Crippen molar-refractivity contribution in [2.24, 2.45) is 0 Å². The molecule has 0 fully saturated rings. The van der Waals surface area contributed by atoms with Gasteiger partial charge < -0.3 is 9.29 Å². The van der Waals surface area contributed by atoms with E-state index in [1.54, 1.807) is 0 Å². The average Bonchev–Trinajstić information content (AvgIpc) is 2.56. The van der Waals surface area contributed by atoms with Crippen LogP contribution in [0.3, 0.4) is 0 Å². The van der Waals surface area contributed by atoms with Crippen molar-refractivity contribution in [2.75, 3.05) is 19.8 Å². The summed E-state index contributed by atoms with van der Waals surface area (Å²) in [7, 11) is -4.54. The number of ether oxygens (including phenoxy) is 1. The van der Waals surface area contributed by atoms with Crippen LogP contribution in [0, 0.1) is 0 Å². The second-order valence-corrected chi connectivity index (χ2v) is 7.84. The van der Waals surface area contributed by atoms with Gasteiger partial charge in [0.15, 0.2) is 0 Å². The number of unbranched alkanes of at least 4 members (excludes halogenated alkanes) is 13. The summed E-state index contributed by atoms with van der Waals surface area (Å²) in [6.45, 7) is 3.57. The maximum absolute atomic E-state index is 10.2. The van der Waals surface area contributed by atoms with E-state index in [9.17, 15) is 13.0 Å². The molecule has 0 aliphatic carbocycles. The Kier molecular flexibility index (Phi) is 23.9. The van der Waals surface area contributed by atoms with E-state index < -0.39 is 10.4 Å². The Balaban J connectivity index is 0. The molecular weight excluding hydrogens is 347 g/mol. The molecule has 0 heterocycles. The van der Waals surface area contributed by atoms with Gasteiger partial charge in [-0.1, -0.05) is 84.0 Å². The van der Waals surface area contributed by atoms with Crippen LogP contribution in [0.5, 0.6) is 0 Å². The largest absolute Gasteiger partial charge is 1.00 e. The molecular formula is C19H39LiO5S. The summed E-state index contributed by atoms with van der Waals surface area (Å²) in [5.41, 5.74) is 0. The molecule has 0 spiro atoms. The van der Waals surface area contributed by atoms with Gasteiger partial charge in [-0.15, -0.1) is 0 Å². The zero-order chi connectivity index (χ0) is 18.6. The first kappa shape index (κ1) is 28.6. The predicted molar refractivity (Wildman–Crippen MR) is 101 cm³/mol. The molecule has 5 nitrogen and oxygen atoms in total. The summed E-state index contributed by atoms with van der Waals surface area (Å²) >= 11 is 0. The molecule has 0 aliphatic rings. The molecule has 7 heteroatoms. The summed E-state index contributed by atoms with van der Waals surface area (Å²) in [4.78, 5) is 0. The number of rotatable bonds is 20. The standard InChI is InChI=1S/C19H40O5S.Li/c1-2-3-4-5-6-7-8-9-10-11-12-13-14-17-23-18-15-16-19-24-25(20,21)22;/h2-19H2,1H3,(H,20,21,22);/q;+1/p-1. The van der Waals surface area contributed by atoms with Crippen LogP contribution in [-0.4, -0.2) is 32.8 Å². The third kappa shape index (κ3) is 26.7. The molecule has 0 saturated carbocycles. The topological polar surface area (TPSA) is 75.7 Å². The van der Waals surface area contributed by atoms with Crippen molar-refractivity contribution in [3.8, 4) is 0 Å². The Hall–Kier alpha value is 0.427. The van der Waals surface area contributed by atoms with Crippen molar-refractivity contribution in [3.05, 3.63) is 0 Å². The average molecular weight is 387 g/mol. The second kappa shape index (κ2) is 21.7. The normalized spacial score (nSPS) is 11.5. The van der Waals surface area contributed by atoms with Crippen LogP contribution in [0.15, 0.2) is 0 Å². The molecule has 0 atom stereocenters. The zero-order valence-electron chi connectivity index (χ0n) is 17.2.